The molecule has 1 unspecified atom stereocenters. The minimum Gasteiger partial charge on any atom is -0.370 e. The summed E-state index contributed by atoms with van der Waals surface area (Å²) in [5.41, 5.74) is 9.50. The number of hydrogen-bond acceptors (Lipinski definition) is 2. The lowest BCUT2D eigenvalue weighted by atomic mass is 10.1. The van der Waals surface area contributed by atoms with Crippen LogP contribution in [0.2, 0.25) is 0 Å². The maximum absolute atomic E-state index is 6.01. The fraction of sp³-hybridized carbons (Fsp3) is 0.316. The molecule has 2 rings (SSSR count). The first-order valence-corrected chi connectivity index (χ1v) is 7.88. The molecule has 0 spiro atoms. The SMILES string of the molecule is Cc1ccc(NC(N)=NCC(Cc2ccccc2)N(C)C)cc1.I. The Morgan fingerprint density at radius 2 is 1.71 bits per heavy atom. The minimum absolute atomic E-state index is 0. The standard InChI is InChI=1S/C19H26N4.HI/c1-15-9-11-17(12-10-15)22-19(20)21-14-18(23(2)3)13-16-7-5-4-6-8-16;/h4-12,18H,13-14H2,1-3H3,(H3,20,21,22);1H. The summed E-state index contributed by atoms with van der Waals surface area (Å²) in [7, 11) is 4.15. The normalized spacial score (nSPS) is 12.6. The highest BCUT2D eigenvalue weighted by molar-refractivity contribution is 14.0. The third-order valence-corrected chi connectivity index (χ3v) is 3.84. The first kappa shape index (κ1) is 20.4. The monoisotopic (exact) mass is 438 g/mol. The van der Waals surface area contributed by atoms with Crippen molar-refractivity contribution in [3.63, 3.8) is 0 Å². The minimum atomic E-state index is 0. The van der Waals surface area contributed by atoms with Gasteiger partial charge in [0.05, 0.1) is 6.54 Å². The maximum Gasteiger partial charge on any atom is 0.193 e. The molecule has 0 fully saturated rings. The summed E-state index contributed by atoms with van der Waals surface area (Å²) in [6.45, 7) is 2.72. The zero-order chi connectivity index (χ0) is 16.7. The number of likely N-dealkylation sites (N-methyl/N-ethyl adjacent to an activating group) is 1. The third-order valence-electron chi connectivity index (χ3n) is 3.84. The van der Waals surface area contributed by atoms with Gasteiger partial charge in [-0.25, -0.2) is 0 Å². The number of rotatable bonds is 6. The number of nitrogens with two attached hydrogens (primary N) is 1. The second-order valence-electron chi connectivity index (χ2n) is 6.02. The van der Waals surface area contributed by atoms with Gasteiger partial charge in [0.25, 0.3) is 0 Å². The Bertz CT molecular complexity index is 624. The molecule has 5 heteroatoms. The maximum atomic E-state index is 6.01. The predicted molar refractivity (Wildman–Crippen MR) is 114 cm³/mol. The molecule has 0 saturated carbocycles. The predicted octanol–water partition coefficient (Wildman–Crippen LogP) is 3.51. The van der Waals surface area contributed by atoms with Crippen LogP contribution in [0.1, 0.15) is 11.1 Å². The summed E-state index contributed by atoms with van der Waals surface area (Å²) in [5, 5.41) is 3.14. The molecule has 2 aromatic carbocycles. The van der Waals surface area contributed by atoms with Crippen LogP contribution in [0.25, 0.3) is 0 Å². The summed E-state index contributed by atoms with van der Waals surface area (Å²) in [4.78, 5) is 6.69. The highest BCUT2D eigenvalue weighted by atomic mass is 127. The molecular weight excluding hydrogens is 411 g/mol. The van der Waals surface area contributed by atoms with Crippen LogP contribution in [-0.2, 0) is 6.42 Å². The largest absolute Gasteiger partial charge is 0.370 e. The zero-order valence-electron chi connectivity index (χ0n) is 14.6. The van der Waals surface area contributed by atoms with Gasteiger partial charge >= 0.3 is 0 Å². The molecule has 130 valence electrons. The number of aliphatic imine (C=N–C) groups is 1. The second kappa shape index (κ2) is 10.3. The average molecular weight is 438 g/mol. The first-order valence-electron chi connectivity index (χ1n) is 7.88. The van der Waals surface area contributed by atoms with Crippen molar-refractivity contribution in [3.8, 4) is 0 Å². The summed E-state index contributed by atoms with van der Waals surface area (Å²) in [6.07, 6.45) is 0.954. The number of hydrogen-bond donors (Lipinski definition) is 2. The number of halogens is 1. The van der Waals surface area contributed by atoms with Gasteiger partial charge in [-0.3, -0.25) is 4.99 Å². The lowest BCUT2D eigenvalue weighted by Gasteiger charge is -2.23. The van der Waals surface area contributed by atoms with E-state index >= 15 is 0 Å². The van der Waals surface area contributed by atoms with Crippen molar-refractivity contribution in [3.05, 3.63) is 65.7 Å². The van der Waals surface area contributed by atoms with E-state index in [-0.39, 0.29) is 24.0 Å². The summed E-state index contributed by atoms with van der Waals surface area (Å²) >= 11 is 0. The van der Waals surface area contributed by atoms with Crippen LogP contribution in [0.5, 0.6) is 0 Å². The van der Waals surface area contributed by atoms with Crippen LogP contribution in [0.4, 0.5) is 5.69 Å². The summed E-state index contributed by atoms with van der Waals surface area (Å²) < 4.78 is 0. The van der Waals surface area contributed by atoms with Crippen LogP contribution in [0.15, 0.2) is 59.6 Å². The molecule has 24 heavy (non-hydrogen) atoms. The van der Waals surface area contributed by atoms with Crippen molar-refractivity contribution in [1.29, 1.82) is 0 Å². The molecule has 0 saturated heterocycles. The van der Waals surface area contributed by atoms with Gasteiger partial charge in [0.2, 0.25) is 0 Å². The number of guanidine groups is 1. The van der Waals surface area contributed by atoms with Crippen molar-refractivity contribution < 1.29 is 0 Å². The van der Waals surface area contributed by atoms with E-state index < -0.39 is 0 Å². The highest BCUT2D eigenvalue weighted by Crippen LogP contribution is 2.09. The fourth-order valence-corrected chi connectivity index (χ4v) is 2.32. The van der Waals surface area contributed by atoms with Crippen LogP contribution in [-0.4, -0.2) is 37.5 Å². The van der Waals surface area contributed by atoms with Crippen molar-refractivity contribution in [1.82, 2.24) is 4.90 Å². The topological polar surface area (TPSA) is 53.6 Å². The van der Waals surface area contributed by atoms with Crippen LogP contribution < -0.4 is 11.1 Å². The van der Waals surface area contributed by atoms with Gasteiger partial charge in [-0.2, -0.15) is 0 Å². The lowest BCUT2D eigenvalue weighted by Crippen LogP contribution is -2.34. The van der Waals surface area contributed by atoms with E-state index in [9.17, 15) is 0 Å². The van der Waals surface area contributed by atoms with Gasteiger partial charge < -0.3 is 16.0 Å². The highest BCUT2D eigenvalue weighted by Gasteiger charge is 2.11. The molecule has 3 N–H and O–H groups in total. The molecule has 0 radical (unpaired) electrons. The second-order valence-corrected chi connectivity index (χ2v) is 6.02. The van der Waals surface area contributed by atoms with Gasteiger partial charge in [0.15, 0.2) is 5.96 Å². The van der Waals surface area contributed by atoms with E-state index in [1.165, 1.54) is 11.1 Å². The lowest BCUT2D eigenvalue weighted by molar-refractivity contribution is 0.298. The average Bonchev–Trinajstić information content (AvgIpc) is 2.54. The number of nitrogens with one attached hydrogen (secondary N) is 1. The Kier molecular flexibility index (Phi) is 8.78. The molecule has 0 bridgehead atoms. The molecule has 0 aliphatic rings. The Hall–Kier alpha value is -1.60. The Morgan fingerprint density at radius 3 is 2.29 bits per heavy atom. The molecule has 2 aromatic rings. The van der Waals surface area contributed by atoms with Crippen molar-refractivity contribution in [2.24, 2.45) is 10.7 Å². The van der Waals surface area contributed by atoms with Gasteiger partial charge in [0.1, 0.15) is 0 Å². The number of nitrogens with zero attached hydrogens (tertiary/aromatic N) is 2. The Morgan fingerprint density at radius 1 is 1.08 bits per heavy atom. The van der Waals surface area contributed by atoms with E-state index in [0.717, 1.165) is 12.1 Å². The van der Waals surface area contributed by atoms with E-state index in [1.54, 1.807) is 0 Å². The van der Waals surface area contributed by atoms with E-state index in [1.807, 2.05) is 30.3 Å². The number of aryl methyl sites for hydroxylation is 1. The molecule has 0 aromatic heterocycles. The summed E-state index contributed by atoms with van der Waals surface area (Å²) in [6, 6.07) is 18.9. The molecular formula is C19H27IN4. The van der Waals surface area contributed by atoms with E-state index in [2.05, 4.69) is 60.5 Å². The van der Waals surface area contributed by atoms with Gasteiger partial charge in [0, 0.05) is 11.7 Å². The van der Waals surface area contributed by atoms with Gasteiger partial charge in [-0.1, -0.05) is 48.0 Å². The van der Waals surface area contributed by atoms with E-state index in [0.29, 0.717) is 18.5 Å². The first-order chi connectivity index (χ1) is 11.0. The molecule has 4 nitrogen and oxygen atoms in total. The molecule has 0 aliphatic heterocycles. The van der Waals surface area contributed by atoms with E-state index in [4.69, 9.17) is 5.73 Å². The number of anilines is 1. The molecule has 1 atom stereocenters. The Balaban J connectivity index is 0.00000288. The number of benzene rings is 2. The van der Waals surface area contributed by atoms with Gasteiger partial charge in [-0.05, 0) is 45.1 Å². The fourth-order valence-electron chi connectivity index (χ4n) is 2.32. The van der Waals surface area contributed by atoms with Crippen molar-refractivity contribution in [2.75, 3.05) is 26.0 Å². The molecule has 0 amide bonds. The summed E-state index contributed by atoms with van der Waals surface area (Å²) in [5.74, 6) is 0.453. The molecule has 0 heterocycles. The van der Waals surface area contributed by atoms with Crippen LogP contribution in [0.3, 0.4) is 0 Å². The van der Waals surface area contributed by atoms with Crippen molar-refractivity contribution in [2.45, 2.75) is 19.4 Å². The van der Waals surface area contributed by atoms with Gasteiger partial charge in [-0.15, -0.1) is 24.0 Å². The van der Waals surface area contributed by atoms with Crippen LogP contribution >= 0.6 is 24.0 Å². The van der Waals surface area contributed by atoms with Crippen molar-refractivity contribution >= 4 is 35.6 Å². The smallest absolute Gasteiger partial charge is 0.193 e. The zero-order valence-corrected chi connectivity index (χ0v) is 16.9. The molecule has 0 aliphatic carbocycles. The van der Waals surface area contributed by atoms with Crippen LogP contribution in [0, 0.1) is 6.92 Å². The Labute approximate surface area is 162 Å². The third kappa shape index (κ3) is 6.88. The quantitative estimate of drug-likeness (QED) is 0.413.